The minimum absolute atomic E-state index is 0.0602. The van der Waals surface area contributed by atoms with Crippen LogP contribution in [0.25, 0.3) is 11.2 Å². The highest BCUT2D eigenvalue weighted by atomic mass is 16.5. The van der Waals surface area contributed by atoms with Crippen molar-refractivity contribution in [3.63, 3.8) is 0 Å². The summed E-state index contributed by atoms with van der Waals surface area (Å²) in [5, 5.41) is 0. The first-order valence-electron chi connectivity index (χ1n) is 10.1. The lowest BCUT2D eigenvalue weighted by Crippen LogP contribution is -2.37. The molecule has 3 heterocycles. The number of hydrogen-bond donors (Lipinski definition) is 0. The molecule has 0 saturated heterocycles. The zero-order valence-electron chi connectivity index (χ0n) is 18.0. The van der Waals surface area contributed by atoms with E-state index in [1.807, 2.05) is 0 Å². The quantitative estimate of drug-likeness (QED) is 0.309. The van der Waals surface area contributed by atoms with Crippen molar-refractivity contribution in [3.8, 4) is 0 Å². The van der Waals surface area contributed by atoms with Gasteiger partial charge in [-0.25, -0.2) is 19.6 Å². The third-order valence-electron chi connectivity index (χ3n) is 5.10. The summed E-state index contributed by atoms with van der Waals surface area (Å²) in [5.74, 6) is -0.283. The highest BCUT2D eigenvalue weighted by Gasteiger charge is 2.16. The van der Waals surface area contributed by atoms with E-state index < -0.39 is 17.2 Å². The minimum Gasteiger partial charge on any atom is -0.454 e. The van der Waals surface area contributed by atoms with E-state index in [2.05, 4.69) is 9.97 Å². The van der Waals surface area contributed by atoms with E-state index in [4.69, 9.17) is 9.15 Å². The number of Topliss-reactive ketones (excluding diaryl/α,β-unsaturated/α-hetero) is 1. The third-order valence-corrected chi connectivity index (χ3v) is 5.10. The van der Waals surface area contributed by atoms with Gasteiger partial charge in [0.25, 0.3) is 5.56 Å². The fourth-order valence-electron chi connectivity index (χ4n) is 3.25. The Bertz CT molecular complexity index is 1470. The molecule has 0 amide bonds. The number of rotatable bonds is 7. The van der Waals surface area contributed by atoms with Crippen LogP contribution in [0.3, 0.4) is 0 Å². The summed E-state index contributed by atoms with van der Waals surface area (Å²) < 4.78 is 12.9. The SMILES string of the molecule is Cn1c(=O)c2nc(CCC(=O)c3ccc(COC(=O)c4ccccc4)o3)cnc2n(C)c1=O. The average molecular weight is 448 g/mol. The Balaban J connectivity index is 1.40. The number of fused-ring (bicyclic) bond motifs is 1. The Morgan fingerprint density at radius 3 is 2.55 bits per heavy atom. The maximum absolute atomic E-state index is 12.5. The molecule has 10 heteroatoms. The summed E-state index contributed by atoms with van der Waals surface area (Å²) in [6.07, 6.45) is 1.74. The molecule has 0 unspecified atom stereocenters. The Hall–Kier alpha value is -4.34. The molecule has 0 atom stereocenters. The van der Waals surface area contributed by atoms with Crippen LogP contribution >= 0.6 is 0 Å². The second-order valence-corrected chi connectivity index (χ2v) is 7.37. The molecule has 0 N–H and O–H groups in total. The number of aromatic nitrogens is 4. The van der Waals surface area contributed by atoms with Gasteiger partial charge in [-0.15, -0.1) is 0 Å². The average Bonchev–Trinajstić information content (AvgIpc) is 3.33. The van der Waals surface area contributed by atoms with Crippen molar-refractivity contribution in [2.75, 3.05) is 0 Å². The molecule has 0 saturated carbocycles. The molecule has 3 aromatic heterocycles. The van der Waals surface area contributed by atoms with E-state index in [0.29, 0.717) is 17.0 Å². The standard InChI is InChI=1S/C23H20N4O6/c1-26-20-19(21(29)27(2)23(26)31)25-15(12-24-20)8-10-17(28)18-11-9-16(33-18)13-32-22(30)14-6-4-3-5-7-14/h3-7,9,11-12H,8,10,13H2,1-2H3. The first-order valence-corrected chi connectivity index (χ1v) is 10.1. The van der Waals surface area contributed by atoms with Gasteiger partial charge in [-0.3, -0.25) is 18.7 Å². The van der Waals surface area contributed by atoms with Gasteiger partial charge >= 0.3 is 11.7 Å². The summed E-state index contributed by atoms with van der Waals surface area (Å²) in [6, 6.07) is 11.6. The molecule has 0 fully saturated rings. The monoisotopic (exact) mass is 448 g/mol. The van der Waals surface area contributed by atoms with Crippen LogP contribution in [-0.2, 0) is 31.9 Å². The number of carbonyl (C=O) groups is 2. The van der Waals surface area contributed by atoms with Crippen LogP contribution in [0.2, 0.25) is 0 Å². The molecule has 4 rings (SSSR count). The van der Waals surface area contributed by atoms with Gasteiger partial charge in [0.15, 0.2) is 22.7 Å². The fraction of sp³-hybridized carbons (Fsp3) is 0.217. The maximum atomic E-state index is 12.5. The van der Waals surface area contributed by atoms with Crippen LogP contribution in [0, 0.1) is 0 Å². The smallest absolute Gasteiger partial charge is 0.338 e. The molecular weight excluding hydrogens is 428 g/mol. The van der Waals surface area contributed by atoms with Gasteiger partial charge in [-0.05, 0) is 30.7 Å². The topological polar surface area (TPSA) is 126 Å². The number of esters is 1. The molecule has 0 bridgehead atoms. The van der Waals surface area contributed by atoms with Crippen molar-refractivity contribution in [2.24, 2.45) is 14.1 Å². The summed E-state index contributed by atoms with van der Waals surface area (Å²) in [4.78, 5) is 57.3. The van der Waals surface area contributed by atoms with Crippen molar-refractivity contribution < 1.29 is 18.7 Å². The predicted octanol–water partition coefficient (Wildman–Crippen LogP) is 1.79. The van der Waals surface area contributed by atoms with Crippen LogP contribution in [0.15, 0.2) is 62.7 Å². The van der Waals surface area contributed by atoms with Crippen LogP contribution in [0.1, 0.15) is 38.8 Å². The molecule has 1 aromatic carbocycles. The molecule has 4 aromatic rings. The Kier molecular flexibility index (Phi) is 5.99. The van der Waals surface area contributed by atoms with E-state index >= 15 is 0 Å². The van der Waals surface area contributed by atoms with Crippen LogP contribution in [0.4, 0.5) is 0 Å². The van der Waals surface area contributed by atoms with Gasteiger partial charge in [0, 0.05) is 20.5 Å². The predicted molar refractivity (Wildman–Crippen MR) is 117 cm³/mol. The number of hydrogen-bond acceptors (Lipinski definition) is 8. The first kappa shape index (κ1) is 21.9. The summed E-state index contributed by atoms with van der Waals surface area (Å²) in [6.45, 7) is -0.0980. The zero-order valence-corrected chi connectivity index (χ0v) is 18.0. The second kappa shape index (κ2) is 9.03. The summed E-state index contributed by atoms with van der Waals surface area (Å²) in [7, 11) is 2.88. The lowest BCUT2D eigenvalue weighted by Gasteiger charge is -2.07. The number of aryl methyl sites for hydroxylation is 2. The van der Waals surface area contributed by atoms with Crippen LogP contribution in [-0.4, -0.2) is 30.9 Å². The lowest BCUT2D eigenvalue weighted by molar-refractivity contribution is 0.0444. The van der Waals surface area contributed by atoms with Crippen LogP contribution in [0.5, 0.6) is 0 Å². The van der Waals surface area contributed by atoms with Gasteiger partial charge in [0.2, 0.25) is 0 Å². The molecule has 0 spiro atoms. The first-order chi connectivity index (χ1) is 15.8. The number of ether oxygens (including phenoxy) is 1. The third kappa shape index (κ3) is 4.49. The van der Waals surface area contributed by atoms with E-state index in [0.717, 1.165) is 4.57 Å². The largest absolute Gasteiger partial charge is 0.454 e. The Morgan fingerprint density at radius 1 is 1.03 bits per heavy atom. The molecule has 168 valence electrons. The minimum atomic E-state index is -0.547. The highest BCUT2D eigenvalue weighted by molar-refractivity contribution is 5.93. The van der Waals surface area contributed by atoms with Crippen LogP contribution < -0.4 is 11.2 Å². The summed E-state index contributed by atoms with van der Waals surface area (Å²) >= 11 is 0. The number of carbonyl (C=O) groups excluding carboxylic acids is 2. The van der Waals surface area contributed by atoms with Gasteiger partial charge in [0.1, 0.15) is 12.4 Å². The highest BCUT2D eigenvalue weighted by Crippen LogP contribution is 2.14. The van der Waals surface area contributed by atoms with Crippen molar-refractivity contribution in [1.29, 1.82) is 0 Å². The molecule has 33 heavy (non-hydrogen) atoms. The Morgan fingerprint density at radius 2 is 1.79 bits per heavy atom. The number of ketones is 1. The van der Waals surface area contributed by atoms with Crippen molar-refractivity contribution in [1.82, 2.24) is 19.1 Å². The van der Waals surface area contributed by atoms with E-state index in [1.165, 1.54) is 30.9 Å². The van der Waals surface area contributed by atoms with E-state index in [1.54, 1.807) is 36.4 Å². The van der Waals surface area contributed by atoms with Gasteiger partial charge < -0.3 is 9.15 Å². The molecule has 0 radical (unpaired) electrons. The zero-order chi connectivity index (χ0) is 23.5. The number of furan rings is 1. The normalized spacial score (nSPS) is 11.0. The summed E-state index contributed by atoms with van der Waals surface area (Å²) in [5.41, 5.74) is 0.0631. The fourth-order valence-corrected chi connectivity index (χ4v) is 3.25. The van der Waals surface area contributed by atoms with Gasteiger partial charge in [0.05, 0.1) is 17.5 Å². The molecule has 0 aliphatic carbocycles. The van der Waals surface area contributed by atoms with E-state index in [-0.39, 0.29) is 42.2 Å². The molecule has 10 nitrogen and oxygen atoms in total. The maximum Gasteiger partial charge on any atom is 0.338 e. The van der Waals surface area contributed by atoms with Crippen molar-refractivity contribution in [3.05, 3.63) is 92.3 Å². The van der Waals surface area contributed by atoms with E-state index in [9.17, 15) is 19.2 Å². The number of benzene rings is 1. The molecule has 0 aliphatic heterocycles. The number of nitrogens with zero attached hydrogens (tertiary/aromatic N) is 4. The molecular formula is C23H20N4O6. The molecule has 0 aliphatic rings. The lowest BCUT2D eigenvalue weighted by atomic mass is 10.1. The van der Waals surface area contributed by atoms with Gasteiger partial charge in [-0.1, -0.05) is 18.2 Å². The second-order valence-electron chi connectivity index (χ2n) is 7.37. The van der Waals surface area contributed by atoms with Crippen molar-refractivity contribution in [2.45, 2.75) is 19.4 Å². The Labute approximate surface area is 187 Å². The van der Waals surface area contributed by atoms with Gasteiger partial charge in [-0.2, -0.15) is 0 Å². The van der Waals surface area contributed by atoms with Crippen molar-refractivity contribution >= 4 is 22.9 Å².